The lowest BCUT2D eigenvalue weighted by Crippen LogP contribution is -2.52. The second-order valence-corrected chi connectivity index (χ2v) is 10.7. The van der Waals surface area contributed by atoms with Crippen molar-refractivity contribution >= 4 is 17.7 Å². The number of hydrogen-bond acceptors (Lipinski definition) is 4. The molecule has 1 unspecified atom stereocenters. The van der Waals surface area contributed by atoms with Crippen LogP contribution in [-0.2, 0) is 16.1 Å². The van der Waals surface area contributed by atoms with Crippen LogP contribution >= 0.6 is 0 Å². The number of likely N-dealkylation sites (tertiary alicyclic amines) is 1. The lowest BCUT2D eigenvalue weighted by Gasteiger charge is -2.37. The van der Waals surface area contributed by atoms with Crippen molar-refractivity contribution in [3.05, 3.63) is 34.9 Å². The molecule has 1 aromatic rings. The van der Waals surface area contributed by atoms with Crippen molar-refractivity contribution in [2.75, 3.05) is 19.6 Å². The van der Waals surface area contributed by atoms with Crippen LogP contribution in [0.2, 0.25) is 0 Å². The third-order valence-corrected chi connectivity index (χ3v) is 8.43. The van der Waals surface area contributed by atoms with Gasteiger partial charge in [0.05, 0.1) is 5.92 Å². The van der Waals surface area contributed by atoms with Crippen LogP contribution in [0.5, 0.6) is 0 Å². The predicted molar refractivity (Wildman–Crippen MR) is 122 cm³/mol. The Bertz CT molecular complexity index is 995. The Morgan fingerprint density at radius 2 is 1.66 bits per heavy atom. The minimum Gasteiger partial charge on any atom is -0.322 e. The molecule has 6 nitrogen and oxygen atoms in total. The number of amides is 3. The maximum Gasteiger partial charge on any atom is 0.391 e. The quantitative estimate of drug-likeness (QED) is 0.647. The van der Waals surface area contributed by atoms with Crippen LogP contribution in [0, 0.1) is 11.8 Å². The first-order chi connectivity index (χ1) is 16.7. The number of carbonyl (C=O) groups excluding carboxylic acids is 3. The SMILES string of the molecule is O=C1CCC(N2Cc3cc(C4CCN(CC5CCC(C(F)(F)F)CC5)CC4)ccc3C2=O)C(=O)N1. The Labute approximate surface area is 203 Å². The van der Waals surface area contributed by atoms with E-state index in [2.05, 4.69) is 16.3 Å². The molecule has 5 rings (SSSR count). The Kier molecular flexibility index (Phi) is 6.63. The molecule has 1 saturated carbocycles. The maximum atomic E-state index is 12.9. The molecule has 9 heteroatoms. The zero-order valence-electron chi connectivity index (χ0n) is 19.8. The van der Waals surface area contributed by atoms with Crippen molar-refractivity contribution in [1.82, 2.24) is 15.1 Å². The van der Waals surface area contributed by atoms with Crippen molar-refractivity contribution in [1.29, 1.82) is 0 Å². The minimum atomic E-state index is -4.05. The van der Waals surface area contributed by atoms with Crippen molar-refractivity contribution in [2.24, 2.45) is 11.8 Å². The third-order valence-electron chi connectivity index (χ3n) is 8.43. The summed E-state index contributed by atoms with van der Waals surface area (Å²) in [6, 6.07) is 5.37. The highest BCUT2D eigenvalue weighted by molar-refractivity contribution is 6.05. The Morgan fingerprint density at radius 3 is 2.31 bits per heavy atom. The van der Waals surface area contributed by atoms with Crippen molar-refractivity contribution in [2.45, 2.75) is 76.0 Å². The van der Waals surface area contributed by atoms with Crippen LogP contribution in [0.3, 0.4) is 0 Å². The molecule has 3 heterocycles. The fraction of sp³-hybridized carbons (Fsp3) is 0.654. The number of carbonyl (C=O) groups is 3. The van der Waals surface area contributed by atoms with E-state index in [1.807, 2.05) is 12.1 Å². The van der Waals surface area contributed by atoms with E-state index in [1.165, 1.54) is 5.56 Å². The minimum absolute atomic E-state index is 0.156. The van der Waals surface area contributed by atoms with Gasteiger partial charge in [0.1, 0.15) is 6.04 Å². The van der Waals surface area contributed by atoms with Gasteiger partial charge < -0.3 is 9.80 Å². The van der Waals surface area contributed by atoms with Crippen LogP contribution in [0.1, 0.15) is 78.8 Å². The van der Waals surface area contributed by atoms with Crippen LogP contribution < -0.4 is 5.32 Å². The van der Waals surface area contributed by atoms with Gasteiger partial charge in [0, 0.05) is 25.1 Å². The van der Waals surface area contributed by atoms with Gasteiger partial charge >= 0.3 is 6.18 Å². The predicted octanol–water partition coefficient (Wildman–Crippen LogP) is 4.00. The maximum absolute atomic E-state index is 12.9. The molecule has 3 amide bonds. The number of fused-ring (bicyclic) bond motifs is 1. The van der Waals surface area contributed by atoms with Crippen molar-refractivity contribution < 1.29 is 27.6 Å². The van der Waals surface area contributed by atoms with E-state index in [9.17, 15) is 27.6 Å². The highest BCUT2D eigenvalue weighted by Gasteiger charge is 2.42. The van der Waals surface area contributed by atoms with E-state index < -0.39 is 24.0 Å². The van der Waals surface area contributed by atoms with E-state index in [4.69, 9.17) is 0 Å². The Balaban J connectivity index is 1.14. The third kappa shape index (κ3) is 5.10. The smallest absolute Gasteiger partial charge is 0.322 e. The molecule has 4 aliphatic rings. The summed E-state index contributed by atoms with van der Waals surface area (Å²) in [5.74, 6) is -1.23. The molecular weight excluding hydrogens is 459 g/mol. The topological polar surface area (TPSA) is 69.7 Å². The second-order valence-electron chi connectivity index (χ2n) is 10.7. The van der Waals surface area contributed by atoms with Gasteiger partial charge in [-0.2, -0.15) is 13.2 Å². The van der Waals surface area contributed by atoms with Crippen molar-refractivity contribution in [3.63, 3.8) is 0 Å². The molecule has 1 aliphatic carbocycles. The van der Waals surface area contributed by atoms with Crippen LogP contribution in [0.25, 0.3) is 0 Å². The van der Waals surface area contributed by atoms with E-state index in [0.29, 0.717) is 43.2 Å². The number of piperidine rings is 2. The zero-order valence-corrected chi connectivity index (χ0v) is 19.8. The van der Waals surface area contributed by atoms with Crippen LogP contribution in [0.4, 0.5) is 13.2 Å². The van der Waals surface area contributed by atoms with Gasteiger partial charge in [-0.3, -0.25) is 19.7 Å². The van der Waals surface area contributed by atoms with Gasteiger partial charge in [-0.25, -0.2) is 0 Å². The highest BCUT2D eigenvalue weighted by atomic mass is 19.4. The van der Waals surface area contributed by atoms with Crippen LogP contribution in [-0.4, -0.2) is 59.4 Å². The Hall–Kier alpha value is -2.42. The normalized spacial score (nSPS) is 28.8. The fourth-order valence-corrected chi connectivity index (χ4v) is 6.33. The number of nitrogens with one attached hydrogen (secondary N) is 1. The number of alkyl halides is 3. The average Bonchev–Trinajstić information content (AvgIpc) is 3.15. The van der Waals surface area contributed by atoms with Gasteiger partial charge in [-0.15, -0.1) is 0 Å². The highest BCUT2D eigenvalue weighted by Crippen LogP contribution is 2.40. The van der Waals surface area contributed by atoms with E-state index >= 15 is 0 Å². The lowest BCUT2D eigenvalue weighted by molar-refractivity contribution is -0.184. The van der Waals surface area contributed by atoms with Gasteiger partial charge in [0.25, 0.3) is 5.91 Å². The molecule has 0 radical (unpaired) electrons. The molecule has 3 aliphatic heterocycles. The second kappa shape index (κ2) is 9.56. The number of nitrogens with zero attached hydrogens (tertiary/aromatic N) is 2. The summed E-state index contributed by atoms with van der Waals surface area (Å²) in [5.41, 5.74) is 2.76. The molecule has 2 saturated heterocycles. The first kappa shape index (κ1) is 24.3. The van der Waals surface area contributed by atoms with E-state index in [-0.39, 0.29) is 31.1 Å². The molecule has 1 N–H and O–H groups in total. The van der Waals surface area contributed by atoms with Crippen molar-refractivity contribution in [3.8, 4) is 0 Å². The number of benzene rings is 1. The molecular formula is C26H32F3N3O3. The molecule has 35 heavy (non-hydrogen) atoms. The largest absolute Gasteiger partial charge is 0.391 e. The summed E-state index contributed by atoms with van der Waals surface area (Å²) in [6.45, 7) is 3.13. The standard InChI is InChI=1S/C26H32F3N3O3/c27-26(28,29)20-4-1-16(2-5-20)14-31-11-9-17(10-12-31)18-3-6-21-19(13-18)15-32(25(21)35)22-7-8-23(33)30-24(22)34/h3,6,13,16-17,20,22H,1-2,4-5,7-12,14-15H2,(H,30,33,34). The van der Waals surface area contributed by atoms with Crippen LogP contribution in [0.15, 0.2) is 18.2 Å². The molecule has 190 valence electrons. The van der Waals surface area contributed by atoms with E-state index in [1.54, 1.807) is 4.90 Å². The monoisotopic (exact) mass is 491 g/mol. The molecule has 0 spiro atoms. The number of imide groups is 1. The van der Waals surface area contributed by atoms with Gasteiger partial charge in [-0.05, 0) is 87.1 Å². The molecule has 0 bridgehead atoms. The summed E-state index contributed by atoms with van der Waals surface area (Å²) < 4.78 is 38.8. The van der Waals surface area contributed by atoms with Gasteiger partial charge in [-0.1, -0.05) is 12.1 Å². The molecule has 1 atom stereocenters. The summed E-state index contributed by atoms with van der Waals surface area (Å²) in [7, 11) is 0. The average molecular weight is 492 g/mol. The summed E-state index contributed by atoms with van der Waals surface area (Å²) in [4.78, 5) is 40.6. The van der Waals surface area contributed by atoms with E-state index in [0.717, 1.165) is 38.0 Å². The lowest BCUT2D eigenvalue weighted by atomic mass is 9.81. The molecule has 1 aromatic carbocycles. The summed E-state index contributed by atoms with van der Waals surface area (Å²) in [6.07, 6.45) is 0.352. The first-order valence-electron chi connectivity index (χ1n) is 12.8. The number of rotatable bonds is 4. The van der Waals surface area contributed by atoms with Gasteiger partial charge in [0.15, 0.2) is 0 Å². The Morgan fingerprint density at radius 1 is 0.943 bits per heavy atom. The number of halogens is 3. The summed E-state index contributed by atoms with van der Waals surface area (Å²) in [5, 5.41) is 2.33. The molecule has 3 fully saturated rings. The zero-order chi connectivity index (χ0) is 24.7. The molecule has 0 aromatic heterocycles. The fourth-order valence-electron chi connectivity index (χ4n) is 6.33. The van der Waals surface area contributed by atoms with Gasteiger partial charge in [0.2, 0.25) is 11.8 Å². The first-order valence-corrected chi connectivity index (χ1v) is 12.8. The number of hydrogen-bond donors (Lipinski definition) is 1. The summed E-state index contributed by atoms with van der Waals surface area (Å²) >= 11 is 0.